The standard InChI is InChI=1S/C26H20I2N2O6/c1-3-34-23-13-16(11-20(28)24(23)35-14-17-7-4-5-9-19(17)27)12-21-26(31)36-25(29-21)18-8-6-10-22(15(18)2)30(32)33/h4-13H,3,14H2,1-2H3/b21-12-. The number of nitro groups is 1. The molecule has 0 unspecified atom stereocenters. The van der Waals surface area contributed by atoms with Crippen LogP contribution in [0.3, 0.4) is 0 Å². The Morgan fingerprint density at radius 2 is 1.86 bits per heavy atom. The third kappa shape index (κ3) is 5.69. The summed E-state index contributed by atoms with van der Waals surface area (Å²) in [6.45, 7) is 4.30. The van der Waals surface area contributed by atoms with E-state index < -0.39 is 10.9 Å². The molecule has 3 aromatic carbocycles. The zero-order valence-electron chi connectivity index (χ0n) is 19.3. The summed E-state index contributed by atoms with van der Waals surface area (Å²) < 4.78 is 19.2. The van der Waals surface area contributed by atoms with Crippen molar-refractivity contribution >= 4 is 68.8 Å². The minimum Gasteiger partial charge on any atom is -0.490 e. The minimum absolute atomic E-state index is 0.0320. The molecule has 1 aliphatic rings. The molecule has 4 rings (SSSR count). The van der Waals surface area contributed by atoms with E-state index in [-0.39, 0.29) is 17.3 Å². The summed E-state index contributed by atoms with van der Waals surface area (Å²) in [6, 6.07) is 16.2. The lowest BCUT2D eigenvalue weighted by Gasteiger charge is -2.15. The van der Waals surface area contributed by atoms with E-state index in [1.165, 1.54) is 12.1 Å². The average Bonchev–Trinajstić information content (AvgIpc) is 3.19. The molecule has 36 heavy (non-hydrogen) atoms. The van der Waals surface area contributed by atoms with Crippen LogP contribution in [0, 0.1) is 24.2 Å². The largest absolute Gasteiger partial charge is 0.490 e. The molecule has 0 aromatic heterocycles. The molecule has 0 aliphatic carbocycles. The number of nitrogens with zero attached hydrogens (tertiary/aromatic N) is 2. The van der Waals surface area contributed by atoms with E-state index in [1.807, 2.05) is 37.3 Å². The Bertz CT molecular complexity index is 1420. The number of carbonyl (C=O) groups is 1. The van der Waals surface area contributed by atoms with E-state index in [2.05, 4.69) is 50.2 Å². The summed E-state index contributed by atoms with van der Waals surface area (Å²) in [6.07, 6.45) is 1.59. The molecule has 0 saturated heterocycles. The van der Waals surface area contributed by atoms with Crippen LogP contribution in [-0.2, 0) is 16.1 Å². The predicted octanol–water partition coefficient (Wildman–Crippen LogP) is 6.43. The highest BCUT2D eigenvalue weighted by molar-refractivity contribution is 14.1. The molecule has 0 fully saturated rings. The SMILES string of the molecule is CCOc1cc(/C=C2\N=C(c3cccc([N+](=O)[O-])c3C)OC2=O)cc(I)c1OCc1ccccc1I. The van der Waals surface area contributed by atoms with Gasteiger partial charge in [-0.05, 0) is 94.9 Å². The molecule has 1 aliphatic heterocycles. The van der Waals surface area contributed by atoms with Crippen molar-refractivity contribution in [3.05, 3.63) is 99.8 Å². The average molecular weight is 710 g/mol. The van der Waals surface area contributed by atoms with Gasteiger partial charge in [0.05, 0.1) is 15.1 Å². The van der Waals surface area contributed by atoms with Gasteiger partial charge in [0, 0.05) is 26.3 Å². The Balaban J connectivity index is 1.65. The van der Waals surface area contributed by atoms with Gasteiger partial charge in [0.1, 0.15) is 6.61 Å². The van der Waals surface area contributed by atoms with Gasteiger partial charge in [-0.15, -0.1) is 0 Å². The lowest BCUT2D eigenvalue weighted by molar-refractivity contribution is -0.385. The van der Waals surface area contributed by atoms with Gasteiger partial charge in [-0.2, -0.15) is 0 Å². The van der Waals surface area contributed by atoms with Gasteiger partial charge in [0.25, 0.3) is 5.69 Å². The molecule has 0 atom stereocenters. The first-order chi connectivity index (χ1) is 17.3. The Hall–Kier alpha value is -3.00. The number of aliphatic imine (C=N–C) groups is 1. The summed E-state index contributed by atoms with van der Waals surface area (Å²) in [5, 5.41) is 11.3. The van der Waals surface area contributed by atoms with Crippen molar-refractivity contribution in [1.29, 1.82) is 0 Å². The monoisotopic (exact) mass is 710 g/mol. The Kier molecular flexibility index (Phi) is 8.24. The molecule has 0 amide bonds. The van der Waals surface area contributed by atoms with Crippen molar-refractivity contribution in [3.8, 4) is 11.5 Å². The quantitative estimate of drug-likeness (QED) is 0.0879. The van der Waals surface area contributed by atoms with Crippen LogP contribution in [0.15, 0.2) is 65.3 Å². The van der Waals surface area contributed by atoms with E-state index in [1.54, 1.807) is 25.1 Å². The topological polar surface area (TPSA) is 100 Å². The second kappa shape index (κ2) is 11.4. The van der Waals surface area contributed by atoms with Crippen LogP contribution >= 0.6 is 45.2 Å². The maximum atomic E-state index is 12.5. The van der Waals surface area contributed by atoms with E-state index in [9.17, 15) is 14.9 Å². The van der Waals surface area contributed by atoms with Crippen LogP contribution in [0.2, 0.25) is 0 Å². The Labute approximate surface area is 234 Å². The molecule has 0 spiro atoms. The van der Waals surface area contributed by atoms with Crippen LogP contribution in [0.5, 0.6) is 11.5 Å². The third-order valence-corrected chi connectivity index (χ3v) is 7.17. The molecule has 3 aromatic rings. The number of ether oxygens (including phenoxy) is 3. The highest BCUT2D eigenvalue weighted by atomic mass is 127. The number of benzene rings is 3. The van der Waals surface area contributed by atoms with Crippen molar-refractivity contribution < 1.29 is 23.9 Å². The second-order valence-corrected chi connectivity index (χ2v) is 10.0. The molecular weight excluding hydrogens is 690 g/mol. The number of hydrogen-bond donors (Lipinski definition) is 0. The van der Waals surface area contributed by atoms with Gasteiger partial charge >= 0.3 is 5.97 Å². The predicted molar refractivity (Wildman–Crippen MR) is 152 cm³/mol. The maximum Gasteiger partial charge on any atom is 0.363 e. The molecule has 0 bridgehead atoms. The molecule has 0 saturated carbocycles. The second-order valence-electron chi connectivity index (χ2n) is 7.69. The van der Waals surface area contributed by atoms with Gasteiger partial charge in [0.15, 0.2) is 17.2 Å². The van der Waals surface area contributed by atoms with Gasteiger partial charge < -0.3 is 14.2 Å². The first-order valence-electron chi connectivity index (χ1n) is 10.9. The fourth-order valence-corrected chi connectivity index (χ4v) is 4.90. The number of hydrogen-bond acceptors (Lipinski definition) is 7. The highest BCUT2D eigenvalue weighted by Crippen LogP contribution is 2.36. The number of halogens is 2. The minimum atomic E-state index is -0.636. The van der Waals surface area contributed by atoms with Crippen LogP contribution in [-0.4, -0.2) is 23.4 Å². The molecule has 0 N–H and O–H groups in total. The van der Waals surface area contributed by atoms with Gasteiger partial charge in [0.2, 0.25) is 5.90 Å². The first kappa shape index (κ1) is 26.1. The van der Waals surface area contributed by atoms with Gasteiger partial charge in [-0.3, -0.25) is 10.1 Å². The van der Waals surface area contributed by atoms with Crippen LogP contribution in [0.1, 0.15) is 29.2 Å². The van der Waals surface area contributed by atoms with Gasteiger partial charge in [-0.1, -0.05) is 24.3 Å². The Morgan fingerprint density at radius 3 is 2.58 bits per heavy atom. The van der Waals surface area contributed by atoms with Crippen molar-refractivity contribution in [2.24, 2.45) is 4.99 Å². The Morgan fingerprint density at radius 1 is 1.08 bits per heavy atom. The van der Waals surface area contributed by atoms with Crippen LogP contribution in [0.25, 0.3) is 6.08 Å². The smallest absolute Gasteiger partial charge is 0.363 e. The molecule has 10 heteroatoms. The van der Waals surface area contributed by atoms with E-state index >= 15 is 0 Å². The molecule has 184 valence electrons. The van der Waals surface area contributed by atoms with Crippen LogP contribution in [0.4, 0.5) is 5.69 Å². The molecular formula is C26H20I2N2O6. The normalized spacial score (nSPS) is 13.9. The summed E-state index contributed by atoms with van der Waals surface area (Å²) in [7, 11) is 0. The summed E-state index contributed by atoms with van der Waals surface area (Å²) >= 11 is 4.44. The van der Waals surface area contributed by atoms with Crippen molar-refractivity contribution in [3.63, 3.8) is 0 Å². The zero-order chi connectivity index (χ0) is 25.8. The summed E-state index contributed by atoms with van der Waals surface area (Å²) in [5.41, 5.74) is 2.52. The number of nitro benzene ring substituents is 1. The number of carbonyl (C=O) groups excluding carboxylic acids is 1. The van der Waals surface area contributed by atoms with Crippen molar-refractivity contribution in [2.45, 2.75) is 20.5 Å². The number of cyclic esters (lactones) is 1. The van der Waals surface area contributed by atoms with Crippen molar-refractivity contribution in [1.82, 2.24) is 0 Å². The third-order valence-electron chi connectivity index (χ3n) is 5.32. The summed E-state index contributed by atoms with van der Waals surface area (Å²) in [5.74, 6) is 0.560. The lowest BCUT2D eigenvalue weighted by atomic mass is 10.1. The van der Waals surface area contributed by atoms with E-state index in [0.29, 0.717) is 41.4 Å². The lowest BCUT2D eigenvalue weighted by Crippen LogP contribution is -2.08. The maximum absolute atomic E-state index is 12.5. The van der Waals surface area contributed by atoms with Gasteiger partial charge in [-0.25, -0.2) is 9.79 Å². The number of rotatable bonds is 8. The summed E-state index contributed by atoms with van der Waals surface area (Å²) in [4.78, 5) is 27.7. The highest BCUT2D eigenvalue weighted by Gasteiger charge is 2.27. The van der Waals surface area contributed by atoms with Crippen molar-refractivity contribution in [2.75, 3.05) is 6.61 Å². The van der Waals surface area contributed by atoms with E-state index in [0.717, 1.165) is 12.7 Å². The van der Waals surface area contributed by atoms with Crippen LogP contribution < -0.4 is 9.47 Å². The zero-order valence-corrected chi connectivity index (χ0v) is 23.6. The fourth-order valence-electron chi connectivity index (χ4n) is 3.57. The first-order valence-corrected chi connectivity index (χ1v) is 13.0. The molecule has 1 heterocycles. The number of esters is 1. The molecule has 0 radical (unpaired) electrons. The molecule has 8 nitrogen and oxygen atoms in total. The van der Waals surface area contributed by atoms with E-state index in [4.69, 9.17) is 14.2 Å². The fraction of sp³-hybridized carbons (Fsp3) is 0.154.